The number of nitrogens with one attached hydrogen (secondary N) is 1. The molecule has 1 aliphatic heterocycles. The van der Waals surface area contributed by atoms with Crippen LogP contribution in [-0.2, 0) is 6.54 Å². The van der Waals surface area contributed by atoms with Crippen molar-refractivity contribution in [3.63, 3.8) is 0 Å². The van der Waals surface area contributed by atoms with Crippen LogP contribution in [-0.4, -0.2) is 52.2 Å². The van der Waals surface area contributed by atoms with E-state index in [0.717, 1.165) is 43.4 Å². The molecule has 0 atom stereocenters. The van der Waals surface area contributed by atoms with E-state index >= 15 is 0 Å². The predicted octanol–water partition coefficient (Wildman–Crippen LogP) is 1.55. The number of rotatable bonds is 3. The lowest BCUT2D eigenvalue weighted by atomic mass is 10.2. The summed E-state index contributed by atoms with van der Waals surface area (Å²) in [7, 11) is 0. The van der Waals surface area contributed by atoms with Crippen LogP contribution >= 0.6 is 12.2 Å². The molecule has 1 saturated carbocycles. The molecule has 1 aliphatic carbocycles. The van der Waals surface area contributed by atoms with Crippen molar-refractivity contribution in [3.05, 3.63) is 29.8 Å². The summed E-state index contributed by atoms with van der Waals surface area (Å²) in [6.07, 6.45) is 2.52. The third-order valence-electron chi connectivity index (χ3n) is 3.88. The van der Waals surface area contributed by atoms with Crippen molar-refractivity contribution in [3.8, 4) is 5.75 Å². The fourth-order valence-electron chi connectivity index (χ4n) is 2.52. The van der Waals surface area contributed by atoms with Gasteiger partial charge in [-0.2, -0.15) is 0 Å². The summed E-state index contributed by atoms with van der Waals surface area (Å²) in [4.78, 5) is 4.68. The minimum Gasteiger partial charge on any atom is -0.508 e. The number of piperazine rings is 1. The van der Waals surface area contributed by atoms with Crippen LogP contribution in [0.25, 0.3) is 0 Å². The number of nitrogens with zero attached hydrogens (tertiary/aromatic N) is 2. The smallest absolute Gasteiger partial charge is 0.169 e. The van der Waals surface area contributed by atoms with Crippen LogP contribution < -0.4 is 5.32 Å². The Labute approximate surface area is 125 Å². The van der Waals surface area contributed by atoms with E-state index in [4.69, 9.17) is 12.2 Å². The highest BCUT2D eigenvalue weighted by Crippen LogP contribution is 2.19. The van der Waals surface area contributed by atoms with Gasteiger partial charge in [0, 0.05) is 38.8 Å². The molecule has 1 aromatic carbocycles. The van der Waals surface area contributed by atoms with E-state index in [-0.39, 0.29) is 0 Å². The fraction of sp³-hybridized carbons (Fsp3) is 0.533. The Morgan fingerprint density at radius 1 is 1.25 bits per heavy atom. The summed E-state index contributed by atoms with van der Waals surface area (Å²) in [5.41, 5.74) is 1.16. The van der Waals surface area contributed by atoms with Gasteiger partial charge in [-0.1, -0.05) is 12.1 Å². The molecular formula is C15H21N3OS. The first-order valence-electron chi connectivity index (χ1n) is 7.26. The van der Waals surface area contributed by atoms with E-state index in [9.17, 15) is 5.11 Å². The maximum absolute atomic E-state index is 9.50. The molecule has 0 amide bonds. The first kappa shape index (κ1) is 13.6. The van der Waals surface area contributed by atoms with Crippen molar-refractivity contribution in [2.75, 3.05) is 26.2 Å². The van der Waals surface area contributed by atoms with Crippen molar-refractivity contribution in [1.82, 2.24) is 15.1 Å². The number of benzene rings is 1. The van der Waals surface area contributed by atoms with Crippen LogP contribution in [0.1, 0.15) is 18.4 Å². The summed E-state index contributed by atoms with van der Waals surface area (Å²) < 4.78 is 0. The van der Waals surface area contributed by atoms with Crippen LogP contribution in [0.2, 0.25) is 0 Å². The van der Waals surface area contributed by atoms with Crippen LogP contribution in [0.4, 0.5) is 0 Å². The molecule has 1 heterocycles. The highest BCUT2D eigenvalue weighted by atomic mass is 32.1. The minimum atomic E-state index is 0.343. The Bertz CT molecular complexity index is 482. The molecule has 0 bridgehead atoms. The number of hydrogen-bond donors (Lipinski definition) is 2. The Hall–Kier alpha value is -1.33. The second-order valence-corrected chi connectivity index (χ2v) is 6.04. The van der Waals surface area contributed by atoms with E-state index in [1.165, 1.54) is 12.8 Å². The van der Waals surface area contributed by atoms with Crippen LogP contribution in [0.5, 0.6) is 5.75 Å². The van der Waals surface area contributed by atoms with Gasteiger partial charge < -0.3 is 15.3 Å². The van der Waals surface area contributed by atoms with Crippen molar-refractivity contribution in [2.24, 2.45) is 0 Å². The molecule has 3 rings (SSSR count). The Balaban J connectivity index is 1.47. The highest BCUT2D eigenvalue weighted by molar-refractivity contribution is 7.80. The summed E-state index contributed by atoms with van der Waals surface area (Å²) >= 11 is 5.44. The van der Waals surface area contributed by atoms with Gasteiger partial charge in [0.05, 0.1) is 0 Å². The van der Waals surface area contributed by atoms with Gasteiger partial charge in [0.2, 0.25) is 0 Å². The molecule has 0 spiro atoms. The first-order valence-corrected chi connectivity index (χ1v) is 7.67. The van der Waals surface area contributed by atoms with E-state index in [2.05, 4.69) is 21.2 Å². The average Bonchev–Trinajstić information content (AvgIpc) is 3.23. The Morgan fingerprint density at radius 3 is 2.65 bits per heavy atom. The first-order chi connectivity index (χ1) is 9.70. The normalized spacial score (nSPS) is 19.9. The largest absolute Gasteiger partial charge is 0.508 e. The zero-order chi connectivity index (χ0) is 13.9. The number of hydrogen-bond acceptors (Lipinski definition) is 3. The Morgan fingerprint density at radius 2 is 2.00 bits per heavy atom. The van der Waals surface area contributed by atoms with E-state index in [0.29, 0.717) is 11.8 Å². The van der Waals surface area contributed by atoms with Crippen molar-refractivity contribution in [2.45, 2.75) is 25.4 Å². The fourth-order valence-corrected chi connectivity index (χ4v) is 2.86. The molecule has 2 fully saturated rings. The monoisotopic (exact) mass is 291 g/mol. The molecular weight excluding hydrogens is 270 g/mol. The molecule has 1 aromatic rings. The molecule has 5 heteroatoms. The molecule has 0 radical (unpaired) electrons. The maximum Gasteiger partial charge on any atom is 0.169 e. The summed E-state index contributed by atoms with van der Waals surface area (Å²) in [5.74, 6) is 0.343. The van der Waals surface area contributed by atoms with Gasteiger partial charge in [-0.05, 0) is 42.8 Å². The zero-order valence-electron chi connectivity index (χ0n) is 11.6. The number of thiocarbonyl (C=S) groups is 1. The average molecular weight is 291 g/mol. The summed E-state index contributed by atoms with van der Waals surface area (Å²) in [6.45, 7) is 4.89. The highest BCUT2D eigenvalue weighted by Gasteiger charge is 2.25. The van der Waals surface area contributed by atoms with Gasteiger partial charge in [0.1, 0.15) is 5.75 Å². The minimum absolute atomic E-state index is 0.343. The SMILES string of the molecule is Oc1cccc(CN2CCN(C(=S)NC3CC3)CC2)c1. The predicted molar refractivity (Wildman–Crippen MR) is 83.7 cm³/mol. The third-order valence-corrected chi connectivity index (χ3v) is 4.26. The maximum atomic E-state index is 9.50. The summed E-state index contributed by atoms with van der Waals surface area (Å²) in [5, 5.41) is 13.8. The van der Waals surface area contributed by atoms with Gasteiger partial charge in [-0.3, -0.25) is 4.90 Å². The van der Waals surface area contributed by atoms with Gasteiger partial charge >= 0.3 is 0 Å². The van der Waals surface area contributed by atoms with Crippen molar-refractivity contribution < 1.29 is 5.11 Å². The van der Waals surface area contributed by atoms with Gasteiger partial charge in [0.25, 0.3) is 0 Å². The lowest BCUT2D eigenvalue weighted by Crippen LogP contribution is -2.51. The number of phenolic OH excluding ortho intramolecular Hbond substituents is 1. The van der Waals surface area contributed by atoms with Gasteiger partial charge in [-0.15, -0.1) is 0 Å². The summed E-state index contributed by atoms with van der Waals surface area (Å²) in [6, 6.07) is 8.14. The van der Waals surface area contributed by atoms with Crippen LogP contribution in [0.15, 0.2) is 24.3 Å². The van der Waals surface area contributed by atoms with Gasteiger partial charge in [-0.25, -0.2) is 0 Å². The molecule has 4 nitrogen and oxygen atoms in total. The topological polar surface area (TPSA) is 38.7 Å². The van der Waals surface area contributed by atoms with Crippen LogP contribution in [0, 0.1) is 0 Å². The van der Waals surface area contributed by atoms with E-state index < -0.39 is 0 Å². The number of phenols is 1. The third kappa shape index (κ3) is 3.61. The second-order valence-electron chi connectivity index (χ2n) is 5.66. The molecule has 20 heavy (non-hydrogen) atoms. The van der Waals surface area contributed by atoms with E-state index in [1.807, 2.05) is 12.1 Å². The number of aromatic hydroxyl groups is 1. The molecule has 0 unspecified atom stereocenters. The molecule has 1 saturated heterocycles. The molecule has 0 aromatic heterocycles. The van der Waals surface area contributed by atoms with Crippen molar-refractivity contribution >= 4 is 17.3 Å². The molecule has 108 valence electrons. The zero-order valence-corrected chi connectivity index (χ0v) is 12.4. The molecule has 2 aliphatic rings. The lowest BCUT2D eigenvalue weighted by Gasteiger charge is -2.36. The lowest BCUT2D eigenvalue weighted by molar-refractivity contribution is 0.174. The Kier molecular flexibility index (Phi) is 4.08. The quantitative estimate of drug-likeness (QED) is 0.827. The molecule has 2 N–H and O–H groups in total. The van der Waals surface area contributed by atoms with E-state index in [1.54, 1.807) is 6.07 Å². The van der Waals surface area contributed by atoms with Crippen molar-refractivity contribution in [1.29, 1.82) is 0 Å². The standard InChI is InChI=1S/C15H21N3OS/c19-14-3-1-2-12(10-14)11-17-6-8-18(9-7-17)15(20)16-13-4-5-13/h1-3,10,13,19H,4-9,11H2,(H,16,20). The van der Waals surface area contributed by atoms with Crippen LogP contribution in [0.3, 0.4) is 0 Å². The second kappa shape index (κ2) is 5.97. The van der Waals surface area contributed by atoms with Gasteiger partial charge in [0.15, 0.2) is 5.11 Å².